The van der Waals surface area contributed by atoms with E-state index in [4.69, 9.17) is 0 Å². The van der Waals surface area contributed by atoms with E-state index in [0.717, 1.165) is 12.1 Å². The van der Waals surface area contributed by atoms with Crippen molar-refractivity contribution in [3.63, 3.8) is 0 Å². The molecule has 2 unspecified atom stereocenters. The average Bonchev–Trinajstić information content (AvgIpc) is 3.08. The van der Waals surface area contributed by atoms with Gasteiger partial charge in [0.1, 0.15) is 0 Å². The van der Waals surface area contributed by atoms with Gasteiger partial charge in [0.2, 0.25) is 0 Å². The second kappa shape index (κ2) is 9.50. The van der Waals surface area contributed by atoms with E-state index in [9.17, 15) is 0 Å². The molecule has 0 spiro atoms. The van der Waals surface area contributed by atoms with Gasteiger partial charge in [-0.15, -0.1) is 0 Å². The van der Waals surface area contributed by atoms with Crippen LogP contribution in [0, 0.1) is 11.8 Å². The summed E-state index contributed by atoms with van der Waals surface area (Å²) >= 11 is 0. The monoisotopic (exact) mass is 336 g/mol. The molecule has 1 aromatic rings. The first kappa shape index (κ1) is 19.4. The zero-order valence-electron chi connectivity index (χ0n) is 16.4. The van der Waals surface area contributed by atoms with Crippen LogP contribution in [0.1, 0.15) is 65.0 Å². The number of hydrogen-bond donors (Lipinski definition) is 0. The van der Waals surface area contributed by atoms with Gasteiger partial charge in [-0.2, -0.15) is 0 Å². The number of aliphatic imine (C=N–C) groups is 2. The van der Waals surface area contributed by atoms with Gasteiger partial charge in [-0.25, -0.2) is 0 Å². The van der Waals surface area contributed by atoms with Gasteiger partial charge >= 0.3 is 0 Å². The zero-order chi connectivity index (χ0) is 18.2. The summed E-state index contributed by atoms with van der Waals surface area (Å²) < 4.78 is 0. The van der Waals surface area contributed by atoms with E-state index < -0.39 is 0 Å². The molecule has 1 aliphatic heterocycles. The Hall–Kier alpha value is -1.96. The number of nitrogens with zero attached hydrogens (tertiary/aromatic N) is 2. The predicted octanol–water partition coefficient (Wildman–Crippen LogP) is 6.48. The number of benzene rings is 1. The minimum absolute atomic E-state index is 0.459. The Kier molecular flexibility index (Phi) is 7.36. The highest BCUT2D eigenvalue weighted by molar-refractivity contribution is 5.92. The van der Waals surface area contributed by atoms with Gasteiger partial charge in [0.15, 0.2) is 0 Å². The number of allylic oxidation sites excluding steroid dienone is 3. The van der Waals surface area contributed by atoms with Crippen molar-refractivity contribution in [2.45, 2.75) is 60.3 Å². The third-order valence-corrected chi connectivity index (χ3v) is 5.13. The summed E-state index contributed by atoms with van der Waals surface area (Å²) in [7, 11) is 0. The van der Waals surface area contributed by atoms with E-state index in [0.29, 0.717) is 11.8 Å². The Labute approximate surface area is 153 Å². The molecule has 0 saturated heterocycles. The Bertz CT molecular complexity index is 675. The molecule has 0 fully saturated rings. The van der Waals surface area contributed by atoms with Crippen LogP contribution in [0.25, 0.3) is 5.57 Å². The molecule has 0 saturated carbocycles. The average molecular weight is 337 g/mol. The Morgan fingerprint density at radius 2 is 1.96 bits per heavy atom. The van der Waals surface area contributed by atoms with Crippen molar-refractivity contribution in [1.29, 1.82) is 0 Å². The van der Waals surface area contributed by atoms with Crippen molar-refractivity contribution < 1.29 is 0 Å². The normalized spacial score (nSPS) is 19.2. The first-order valence-electron chi connectivity index (χ1n) is 9.56. The summed E-state index contributed by atoms with van der Waals surface area (Å²) in [6.07, 6.45) is 10.9. The lowest BCUT2D eigenvalue weighted by molar-refractivity contribution is 0.604. The molecule has 134 valence electrons. The quantitative estimate of drug-likeness (QED) is 0.485. The Balaban J connectivity index is 2.05. The van der Waals surface area contributed by atoms with Gasteiger partial charge in [-0.1, -0.05) is 57.0 Å². The number of unbranched alkanes of at least 4 members (excludes halogenated alkanes) is 1. The topological polar surface area (TPSA) is 24.7 Å². The Morgan fingerprint density at radius 3 is 2.60 bits per heavy atom. The molecule has 1 aliphatic rings. The largest absolute Gasteiger partial charge is 0.266 e. The summed E-state index contributed by atoms with van der Waals surface area (Å²) in [4.78, 5) is 9.06. The molecule has 0 aromatic heterocycles. The van der Waals surface area contributed by atoms with E-state index in [1.165, 1.54) is 41.7 Å². The van der Waals surface area contributed by atoms with Crippen LogP contribution >= 0.6 is 0 Å². The zero-order valence-corrected chi connectivity index (χ0v) is 16.4. The lowest BCUT2D eigenvalue weighted by Crippen LogP contribution is -2.20. The van der Waals surface area contributed by atoms with Crippen molar-refractivity contribution in [2.24, 2.45) is 21.8 Å². The maximum atomic E-state index is 4.67. The Morgan fingerprint density at radius 1 is 1.24 bits per heavy atom. The summed E-state index contributed by atoms with van der Waals surface area (Å²) in [5.41, 5.74) is 6.30. The minimum Gasteiger partial charge on any atom is -0.266 e. The van der Waals surface area contributed by atoms with Gasteiger partial charge in [0, 0.05) is 29.7 Å². The van der Waals surface area contributed by atoms with Crippen LogP contribution in [0.15, 0.2) is 52.2 Å². The predicted molar refractivity (Wildman–Crippen MR) is 111 cm³/mol. The van der Waals surface area contributed by atoms with E-state index in [-0.39, 0.29) is 0 Å². The molecule has 2 nitrogen and oxygen atoms in total. The smallest absolute Gasteiger partial charge is 0.0403 e. The molecule has 2 atom stereocenters. The van der Waals surface area contributed by atoms with Crippen LogP contribution in [0.3, 0.4) is 0 Å². The van der Waals surface area contributed by atoms with Crippen LogP contribution in [0.4, 0.5) is 0 Å². The van der Waals surface area contributed by atoms with E-state index in [2.05, 4.69) is 68.0 Å². The third kappa shape index (κ3) is 5.26. The molecule has 25 heavy (non-hydrogen) atoms. The summed E-state index contributed by atoms with van der Waals surface area (Å²) in [5, 5.41) is 0. The van der Waals surface area contributed by atoms with Crippen molar-refractivity contribution in [1.82, 2.24) is 0 Å². The van der Waals surface area contributed by atoms with Gasteiger partial charge in [0.25, 0.3) is 0 Å². The van der Waals surface area contributed by atoms with Crippen molar-refractivity contribution in [3.05, 3.63) is 53.4 Å². The molecule has 0 N–H and O–H groups in total. The van der Waals surface area contributed by atoms with Crippen LogP contribution in [0.5, 0.6) is 0 Å². The summed E-state index contributed by atoms with van der Waals surface area (Å²) in [6, 6.07) is 8.94. The van der Waals surface area contributed by atoms with E-state index in [1.54, 1.807) is 0 Å². The molecule has 0 radical (unpaired) electrons. The summed E-state index contributed by atoms with van der Waals surface area (Å²) in [6.45, 7) is 10.7. The van der Waals surface area contributed by atoms with Gasteiger partial charge in [-0.05, 0) is 56.2 Å². The molecule has 1 heterocycles. The molecule has 0 aliphatic carbocycles. The van der Waals surface area contributed by atoms with Crippen LogP contribution in [-0.2, 0) is 6.42 Å². The van der Waals surface area contributed by atoms with Crippen LogP contribution < -0.4 is 0 Å². The second-order valence-electron chi connectivity index (χ2n) is 7.04. The molecule has 0 bridgehead atoms. The molecular weight excluding hydrogens is 304 g/mol. The fourth-order valence-electron chi connectivity index (χ4n) is 3.39. The van der Waals surface area contributed by atoms with Gasteiger partial charge in [0.05, 0.1) is 0 Å². The lowest BCUT2D eigenvalue weighted by Gasteiger charge is -2.18. The molecule has 2 rings (SSSR count). The number of rotatable bonds is 8. The highest BCUT2D eigenvalue weighted by Crippen LogP contribution is 2.25. The first-order chi connectivity index (χ1) is 12.1. The summed E-state index contributed by atoms with van der Waals surface area (Å²) in [5.74, 6) is 1.04. The first-order valence-corrected chi connectivity index (χ1v) is 9.56. The van der Waals surface area contributed by atoms with Gasteiger partial charge in [-0.3, -0.25) is 9.98 Å². The van der Waals surface area contributed by atoms with Crippen LogP contribution in [-0.4, -0.2) is 11.9 Å². The van der Waals surface area contributed by atoms with Crippen LogP contribution in [0.2, 0.25) is 0 Å². The lowest BCUT2D eigenvalue weighted by atomic mass is 9.86. The fourth-order valence-corrected chi connectivity index (χ4v) is 3.39. The minimum atomic E-state index is 0.459. The SMILES string of the molecule is CC=N/C(C)=C(\C)c1ccc(CC2C=CN=C2C(C)CCCC)cc1. The van der Waals surface area contributed by atoms with E-state index >= 15 is 0 Å². The molecular formula is C23H32N2. The van der Waals surface area contributed by atoms with Crippen molar-refractivity contribution in [2.75, 3.05) is 0 Å². The fraction of sp³-hybridized carbons (Fsp3) is 0.478. The molecule has 1 aromatic carbocycles. The third-order valence-electron chi connectivity index (χ3n) is 5.13. The number of hydrogen-bond acceptors (Lipinski definition) is 2. The highest BCUT2D eigenvalue weighted by atomic mass is 14.8. The maximum Gasteiger partial charge on any atom is 0.0403 e. The van der Waals surface area contributed by atoms with Gasteiger partial charge < -0.3 is 0 Å². The highest BCUT2D eigenvalue weighted by Gasteiger charge is 2.22. The maximum absolute atomic E-state index is 4.67. The molecule has 2 heteroatoms. The van der Waals surface area contributed by atoms with E-state index in [1.807, 2.05) is 19.3 Å². The van der Waals surface area contributed by atoms with Crippen molar-refractivity contribution >= 4 is 17.5 Å². The standard InChI is InChI=1S/C23H32N2/c1-6-8-9-17(3)23-22(14-15-25-23)16-20-10-12-21(13-11-20)18(4)19(5)24-7-2/h7,10-15,17,22H,6,8-9,16H2,1-5H3/b19-18+,24-7?. The molecule has 0 amide bonds. The van der Waals surface area contributed by atoms with Crippen molar-refractivity contribution in [3.8, 4) is 0 Å². The second-order valence-corrected chi connectivity index (χ2v) is 7.04.